The van der Waals surface area contributed by atoms with Crippen molar-refractivity contribution in [2.24, 2.45) is 0 Å². The minimum Gasteiger partial charge on any atom is -0.150 e. The summed E-state index contributed by atoms with van der Waals surface area (Å²) in [7, 11) is 0. The molecule has 0 atom stereocenters. The fourth-order valence-corrected chi connectivity index (χ4v) is 1.26. The van der Waals surface area contributed by atoms with Crippen LogP contribution < -0.4 is 18.9 Å². The van der Waals surface area contributed by atoms with Crippen LogP contribution in [-0.4, -0.2) is 0 Å². The summed E-state index contributed by atoms with van der Waals surface area (Å²) in [6.45, 7) is 0. The first-order valence-electron chi connectivity index (χ1n) is 4.65. The predicted molar refractivity (Wildman–Crippen MR) is 60.6 cm³/mol. The predicted octanol–water partition coefficient (Wildman–Crippen LogP) is 0.661. The molecule has 0 saturated heterocycles. The molecule has 0 aromatic heterocycles. The molecule has 0 nitrogen and oxygen atoms in total. The van der Waals surface area contributed by atoms with Crippen LogP contribution in [0.5, 0.6) is 0 Å². The van der Waals surface area contributed by atoms with Gasteiger partial charge in [0.2, 0.25) is 0 Å². The quantitative estimate of drug-likeness (QED) is 0.367. The van der Waals surface area contributed by atoms with Crippen LogP contribution in [0, 0.1) is 6.07 Å². The zero-order valence-electron chi connectivity index (χ0n) is 8.85. The molecular weight excluding hydrogens is 175 g/mol. The van der Waals surface area contributed by atoms with Gasteiger partial charge in [0, 0.05) is 0 Å². The Morgan fingerprint density at radius 2 is 1.53 bits per heavy atom. The van der Waals surface area contributed by atoms with Gasteiger partial charge in [0.1, 0.15) is 0 Å². The molecule has 0 aliphatic rings. The van der Waals surface area contributed by atoms with E-state index >= 15 is 0 Å². The maximum absolute atomic E-state index is 3.15. The third kappa shape index (κ3) is 3.79. The molecule has 2 aromatic carbocycles. The summed E-state index contributed by atoms with van der Waals surface area (Å²) in [6.07, 6.45) is 4.15. The van der Waals surface area contributed by atoms with E-state index in [4.69, 9.17) is 0 Å². The molecule has 2 aromatic rings. The Hall–Kier alpha value is -1.22. The standard InChI is InChI=1S/C14H11.Li/c1-3-7-13(8-4-1)11-12-14-9-5-2-6-10-14;/h1-9,11-12H;/q-1;+1. The van der Waals surface area contributed by atoms with Crippen molar-refractivity contribution in [3.8, 4) is 0 Å². The second-order valence-corrected chi connectivity index (χ2v) is 3.06. The number of benzene rings is 2. The maximum Gasteiger partial charge on any atom is 1.00 e. The molecule has 1 heteroatoms. The summed E-state index contributed by atoms with van der Waals surface area (Å²) in [5.74, 6) is 0. The second-order valence-electron chi connectivity index (χ2n) is 3.06. The molecule has 0 saturated carbocycles. The summed E-state index contributed by atoms with van der Waals surface area (Å²) < 4.78 is 0. The molecule has 0 spiro atoms. The average Bonchev–Trinajstić information content (AvgIpc) is 2.29. The Bertz CT molecular complexity index is 362. The molecule has 0 radical (unpaired) electrons. The SMILES string of the molecule is [Li+].[c-]1ccccc1C=Cc1ccccc1. The van der Waals surface area contributed by atoms with Crippen LogP contribution in [0.4, 0.5) is 0 Å². The normalized spacial score (nSPS) is 9.87. The van der Waals surface area contributed by atoms with Crippen LogP contribution in [-0.2, 0) is 0 Å². The van der Waals surface area contributed by atoms with Crippen LogP contribution in [0.15, 0.2) is 54.6 Å². The Morgan fingerprint density at radius 1 is 0.800 bits per heavy atom. The summed E-state index contributed by atoms with van der Waals surface area (Å²) in [5, 5.41) is 0. The van der Waals surface area contributed by atoms with Crippen LogP contribution in [0.3, 0.4) is 0 Å². The van der Waals surface area contributed by atoms with E-state index in [9.17, 15) is 0 Å². The van der Waals surface area contributed by atoms with Gasteiger partial charge in [0.05, 0.1) is 0 Å². The third-order valence-electron chi connectivity index (χ3n) is 1.99. The Kier molecular flexibility index (Phi) is 4.97. The molecule has 0 bridgehead atoms. The second kappa shape index (κ2) is 6.30. The maximum atomic E-state index is 3.15. The Morgan fingerprint density at radius 3 is 2.20 bits per heavy atom. The van der Waals surface area contributed by atoms with Crippen LogP contribution in [0.1, 0.15) is 11.1 Å². The van der Waals surface area contributed by atoms with Gasteiger partial charge in [0.25, 0.3) is 0 Å². The van der Waals surface area contributed by atoms with E-state index in [0.717, 1.165) is 5.56 Å². The van der Waals surface area contributed by atoms with E-state index in [1.54, 1.807) is 0 Å². The first kappa shape index (κ1) is 11.8. The number of hydrogen-bond acceptors (Lipinski definition) is 0. The van der Waals surface area contributed by atoms with Crippen molar-refractivity contribution in [3.05, 3.63) is 71.8 Å². The van der Waals surface area contributed by atoms with Gasteiger partial charge in [-0.3, -0.25) is 0 Å². The Labute approximate surface area is 103 Å². The molecule has 0 amide bonds. The zero-order chi connectivity index (χ0) is 9.64. The van der Waals surface area contributed by atoms with E-state index in [0.29, 0.717) is 0 Å². The zero-order valence-corrected chi connectivity index (χ0v) is 8.85. The third-order valence-corrected chi connectivity index (χ3v) is 1.99. The summed E-state index contributed by atoms with van der Waals surface area (Å²) in [6, 6.07) is 21.4. The molecule has 0 aliphatic heterocycles. The van der Waals surface area contributed by atoms with Gasteiger partial charge in [-0.2, -0.15) is 5.56 Å². The monoisotopic (exact) mass is 186 g/mol. The largest absolute Gasteiger partial charge is 1.00 e. The number of hydrogen-bond donors (Lipinski definition) is 0. The fourth-order valence-electron chi connectivity index (χ4n) is 1.26. The molecule has 0 aliphatic carbocycles. The van der Waals surface area contributed by atoms with Gasteiger partial charge >= 0.3 is 18.9 Å². The van der Waals surface area contributed by atoms with Gasteiger partial charge < -0.3 is 0 Å². The summed E-state index contributed by atoms with van der Waals surface area (Å²) in [5.41, 5.74) is 2.32. The first-order chi connectivity index (χ1) is 6.95. The topological polar surface area (TPSA) is 0 Å². The average molecular weight is 186 g/mol. The van der Waals surface area contributed by atoms with Gasteiger partial charge in [-0.15, -0.1) is 36.4 Å². The Balaban J connectivity index is 0.00000112. The van der Waals surface area contributed by atoms with Gasteiger partial charge in [0.15, 0.2) is 0 Å². The van der Waals surface area contributed by atoms with E-state index in [-0.39, 0.29) is 18.9 Å². The van der Waals surface area contributed by atoms with E-state index in [1.165, 1.54) is 5.56 Å². The van der Waals surface area contributed by atoms with Gasteiger partial charge in [-0.1, -0.05) is 36.4 Å². The smallest absolute Gasteiger partial charge is 0.150 e. The molecule has 0 fully saturated rings. The van der Waals surface area contributed by atoms with E-state index in [1.807, 2.05) is 42.5 Å². The van der Waals surface area contributed by atoms with Gasteiger partial charge in [-0.25, -0.2) is 0 Å². The molecule has 68 valence electrons. The minimum atomic E-state index is 0. The minimum absolute atomic E-state index is 0. The van der Waals surface area contributed by atoms with Crippen molar-refractivity contribution >= 4 is 12.2 Å². The van der Waals surface area contributed by atoms with E-state index < -0.39 is 0 Å². The summed E-state index contributed by atoms with van der Waals surface area (Å²) in [4.78, 5) is 0. The summed E-state index contributed by atoms with van der Waals surface area (Å²) >= 11 is 0. The molecule has 15 heavy (non-hydrogen) atoms. The van der Waals surface area contributed by atoms with Crippen LogP contribution >= 0.6 is 0 Å². The fraction of sp³-hybridized carbons (Fsp3) is 0. The van der Waals surface area contributed by atoms with Crippen molar-refractivity contribution < 1.29 is 18.9 Å². The van der Waals surface area contributed by atoms with Crippen molar-refractivity contribution in [2.75, 3.05) is 0 Å². The number of rotatable bonds is 2. The molecule has 0 unspecified atom stereocenters. The van der Waals surface area contributed by atoms with Crippen molar-refractivity contribution in [1.82, 2.24) is 0 Å². The van der Waals surface area contributed by atoms with Gasteiger partial charge in [-0.05, 0) is 5.56 Å². The van der Waals surface area contributed by atoms with E-state index in [2.05, 4.69) is 30.4 Å². The molecule has 2 rings (SSSR count). The molecular formula is C14H11Li. The first-order valence-corrected chi connectivity index (χ1v) is 4.65. The molecule has 0 heterocycles. The van der Waals surface area contributed by atoms with Crippen LogP contribution in [0.2, 0.25) is 0 Å². The van der Waals surface area contributed by atoms with Crippen molar-refractivity contribution in [2.45, 2.75) is 0 Å². The van der Waals surface area contributed by atoms with Crippen molar-refractivity contribution in [1.29, 1.82) is 0 Å². The molecule has 0 N–H and O–H groups in total. The van der Waals surface area contributed by atoms with Crippen LogP contribution in [0.25, 0.3) is 12.2 Å². The van der Waals surface area contributed by atoms with Crippen molar-refractivity contribution in [3.63, 3.8) is 0 Å².